The van der Waals surface area contributed by atoms with Crippen LogP contribution >= 0.6 is 11.6 Å². The van der Waals surface area contributed by atoms with E-state index in [1.807, 2.05) is 41.0 Å². The van der Waals surface area contributed by atoms with Crippen molar-refractivity contribution in [1.82, 2.24) is 9.47 Å². The van der Waals surface area contributed by atoms with Gasteiger partial charge in [0.25, 0.3) is 0 Å². The molecule has 0 amide bonds. The molecule has 0 spiro atoms. The smallest absolute Gasteiger partial charge is 0.161 e. The Morgan fingerprint density at radius 1 is 1.06 bits per heavy atom. The number of hydrogen-bond donors (Lipinski definition) is 1. The highest BCUT2D eigenvalue weighted by atomic mass is 35.5. The van der Waals surface area contributed by atoms with Gasteiger partial charge in [0.15, 0.2) is 11.5 Å². The van der Waals surface area contributed by atoms with Crippen LogP contribution in [0.1, 0.15) is 41.4 Å². The lowest BCUT2D eigenvalue weighted by Gasteiger charge is -2.41. The topological polar surface area (TPSA) is 46.9 Å². The first-order chi connectivity index (χ1) is 16.7. The minimum absolute atomic E-state index is 0. The molecule has 182 valence electrons. The van der Waals surface area contributed by atoms with Crippen molar-refractivity contribution >= 4 is 22.5 Å². The maximum atomic E-state index is 10.1. The third-order valence-electron chi connectivity index (χ3n) is 7.28. The molecule has 0 saturated heterocycles. The number of aliphatic hydroxyl groups excluding tert-OH is 1. The summed E-state index contributed by atoms with van der Waals surface area (Å²) in [6.45, 7) is 2.22. The van der Waals surface area contributed by atoms with E-state index in [0.717, 1.165) is 58.9 Å². The number of nitrogens with zero attached hydrogens (tertiary/aromatic N) is 2. The van der Waals surface area contributed by atoms with Gasteiger partial charge in [0, 0.05) is 30.2 Å². The van der Waals surface area contributed by atoms with Crippen LogP contribution in [-0.4, -0.2) is 28.2 Å². The molecule has 5 nitrogen and oxygen atoms in total. The molecule has 2 aliphatic heterocycles. The number of methoxy groups -OCH3 is 1. The van der Waals surface area contributed by atoms with Crippen LogP contribution in [0.25, 0.3) is 10.9 Å². The summed E-state index contributed by atoms with van der Waals surface area (Å²) in [7, 11) is 1.70. The fraction of sp³-hybridized carbons (Fsp3) is 0.310. The molecule has 3 aromatic carbocycles. The Hall–Kier alpha value is -2.99. The quantitative estimate of drug-likeness (QED) is 0.366. The second kappa shape index (κ2) is 9.57. The van der Waals surface area contributed by atoms with Crippen molar-refractivity contribution in [3.63, 3.8) is 0 Å². The Morgan fingerprint density at radius 3 is 2.66 bits per heavy atom. The predicted molar refractivity (Wildman–Crippen MR) is 140 cm³/mol. The maximum Gasteiger partial charge on any atom is 0.161 e. The van der Waals surface area contributed by atoms with E-state index in [9.17, 15) is 5.11 Å². The molecule has 0 saturated carbocycles. The van der Waals surface area contributed by atoms with Gasteiger partial charge >= 0.3 is 0 Å². The zero-order chi connectivity index (χ0) is 23.2. The molecule has 6 rings (SSSR count). The van der Waals surface area contributed by atoms with Crippen molar-refractivity contribution in [2.75, 3.05) is 13.7 Å². The molecule has 4 aromatic rings. The summed E-state index contributed by atoms with van der Waals surface area (Å²) in [5, 5.41) is 11.9. The number of aliphatic hydroxyl groups is 1. The van der Waals surface area contributed by atoms with E-state index in [0.29, 0.717) is 6.61 Å². The number of rotatable bonds is 5. The van der Waals surface area contributed by atoms with E-state index in [2.05, 4.69) is 29.2 Å². The molecule has 1 aromatic heterocycles. The van der Waals surface area contributed by atoms with Gasteiger partial charge in [-0.2, -0.15) is 0 Å². The van der Waals surface area contributed by atoms with Crippen molar-refractivity contribution < 1.29 is 14.6 Å². The maximum absolute atomic E-state index is 10.1. The van der Waals surface area contributed by atoms with Crippen LogP contribution in [0.15, 0.2) is 60.7 Å². The van der Waals surface area contributed by atoms with Gasteiger partial charge < -0.3 is 19.1 Å². The molecule has 1 N–H and O–H groups in total. The Morgan fingerprint density at radius 2 is 1.89 bits per heavy atom. The Bertz CT molecular complexity index is 1370. The molecule has 0 radical (unpaired) electrons. The van der Waals surface area contributed by atoms with Crippen LogP contribution in [-0.2, 0) is 32.7 Å². The average molecular weight is 491 g/mol. The predicted octanol–water partition coefficient (Wildman–Crippen LogP) is 6.12. The van der Waals surface area contributed by atoms with Crippen LogP contribution in [0.3, 0.4) is 0 Å². The molecular weight excluding hydrogens is 460 g/mol. The second-order valence-corrected chi connectivity index (χ2v) is 9.45. The fourth-order valence-electron chi connectivity index (χ4n) is 5.63. The minimum atomic E-state index is -0.0444. The van der Waals surface area contributed by atoms with Crippen molar-refractivity contribution in [3.05, 3.63) is 93.6 Å². The highest BCUT2D eigenvalue weighted by Crippen LogP contribution is 2.45. The third kappa shape index (κ3) is 3.98. The van der Waals surface area contributed by atoms with E-state index in [4.69, 9.17) is 21.1 Å². The van der Waals surface area contributed by atoms with E-state index >= 15 is 0 Å². The van der Waals surface area contributed by atoms with E-state index in [1.54, 1.807) is 7.11 Å². The van der Waals surface area contributed by atoms with Gasteiger partial charge in [-0.15, -0.1) is 0 Å². The number of halogens is 1. The summed E-state index contributed by atoms with van der Waals surface area (Å²) in [5.74, 6) is 1.55. The highest BCUT2D eigenvalue weighted by molar-refractivity contribution is 6.35. The lowest BCUT2D eigenvalue weighted by atomic mass is 9.85. The van der Waals surface area contributed by atoms with Gasteiger partial charge in [0.1, 0.15) is 13.3 Å². The lowest BCUT2D eigenvalue weighted by Crippen LogP contribution is -2.39. The molecular formula is C29H31ClN2O3. The zero-order valence-electron chi connectivity index (χ0n) is 19.1. The molecule has 1 unspecified atom stereocenters. The Labute approximate surface area is 211 Å². The molecule has 0 aliphatic carbocycles. The molecule has 6 heteroatoms. The Kier molecular flexibility index (Phi) is 6.49. The monoisotopic (exact) mass is 490 g/mol. The van der Waals surface area contributed by atoms with Crippen LogP contribution in [0.4, 0.5) is 0 Å². The first-order valence-electron chi connectivity index (χ1n) is 11.7. The normalized spacial score (nSPS) is 16.7. The molecule has 2 aliphatic rings. The minimum Gasteiger partial charge on any atom is -0.493 e. The van der Waals surface area contributed by atoms with E-state index < -0.39 is 0 Å². The Balaban J connectivity index is 0.00000253. The summed E-state index contributed by atoms with van der Waals surface area (Å²) in [5.41, 5.74) is 7.14. The lowest BCUT2D eigenvalue weighted by molar-refractivity contribution is 0.145. The van der Waals surface area contributed by atoms with Crippen LogP contribution in [0.5, 0.6) is 11.5 Å². The third-order valence-corrected chi connectivity index (χ3v) is 7.60. The van der Waals surface area contributed by atoms with E-state index in [-0.39, 0.29) is 20.2 Å². The van der Waals surface area contributed by atoms with Crippen LogP contribution < -0.4 is 9.47 Å². The molecule has 1 atom stereocenters. The number of fused-ring (bicyclic) bond motifs is 6. The van der Waals surface area contributed by atoms with Crippen molar-refractivity contribution in [3.8, 4) is 11.5 Å². The van der Waals surface area contributed by atoms with Gasteiger partial charge in [-0.05, 0) is 59.4 Å². The first-order valence-corrected chi connectivity index (χ1v) is 12.1. The van der Waals surface area contributed by atoms with Crippen molar-refractivity contribution in [1.29, 1.82) is 0 Å². The van der Waals surface area contributed by atoms with Crippen molar-refractivity contribution in [2.24, 2.45) is 0 Å². The second-order valence-electron chi connectivity index (χ2n) is 9.05. The summed E-state index contributed by atoms with van der Waals surface area (Å²) < 4.78 is 13.9. The fourth-order valence-corrected chi connectivity index (χ4v) is 5.92. The molecule has 3 heterocycles. The van der Waals surface area contributed by atoms with Gasteiger partial charge in [0.05, 0.1) is 17.6 Å². The summed E-state index contributed by atoms with van der Waals surface area (Å²) in [6, 6.07) is 20.7. The van der Waals surface area contributed by atoms with Gasteiger partial charge in [0.2, 0.25) is 0 Å². The molecule has 0 fully saturated rings. The largest absolute Gasteiger partial charge is 0.493 e. The number of hydrogen-bond acceptors (Lipinski definition) is 4. The zero-order valence-corrected chi connectivity index (χ0v) is 19.9. The van der Waals surface area contributed by atoms with Crippen molar-refractivity contribution in [2.45, 2.75) is 46.2 Å². The number of ether oxygens (including phenoxy) is 2. The SMILES string of the molecule is C.COc1cc2c(cc1OCc1ccccc1)CCN1Cc3c(c4c(Cl)cccc4n3CO)CC21. The average Bonchev–Trinajstić information content (AvgIpc) is 3.19. The first kappa shape index (κ1) is 23.7. The number of aromatic nitrogens is 1. The summed E-state index contributed by atoms with van der Waals surface area (Å²) in [4.78, 5) is 2.51. The highest BCUT2D eigenvalue weighted by Gasteiger charge is 2.36. The molecule has 35 heavy (non-hydrogen) atoms. The standard InChI is InChI=1S/C28H27ClN2O3.CH4/c1-33-26-14-20-19(12-27(26)34-16-18-6-3-2-4-7-18)10-11-30-15-25-21(13-24(20)30)28-22(29)8-5-9-23(28)31(25)17-32;/h2-9,12,14,24,32H,10-11,13,15-17H2,1H3;1H4. The molecule has 0 bridgehead atoms. The van der Waals surface area contributed by atoms with Crippen LogP contribution in [0, 0.1) is 0 Å². The van der Waals surface area contributed by atoms with Gasteiger partial charge in [-0.25, -0.2) is 0 Å². The van der Waals surface area contributed by atoms with Gasteiger partial charge in [-0.1, -0.05) is 55.4 Å². The van der Waals surface area contributed by atoms with Gasteiger partial charge in [-0.3, -0.25) is 4.90 Å². The van der Waals surface area contributed by atoms with E-state index in [1.165, 1.54) is 22.4 Å². The summed E-state index contributed by atoms with van der Waals surface area (Å²) in [6.07, 6.45) is 1.80. The number of benzene rings is 3. The van der Waals surface area contributed by atoms with Crippen LogP contribution in [0.2, 0.25) is 5.02 Å². The summed E-state index contributed by atoms with van der Waals surface area (Å²) >= 11 is 6.65.